The van der Waals surface area contributed by atoms with Crippen LogP contribution in [0.4, 0.5) is 5.69 Å². The van der Waals surface area contributed by atoms with E-state index in [9.17, 15) is 18.0 Å². The van der Waals surface area contributed by atoms with Crippen LogP contribution in [-0.2, 0) is 26.2 Å². The first-order chi connectivity index (χ1) is 18.4. The van der Waals surface area contributed by atoms with Crippen LogP contribution in [0.3, 0.4) is 0 Å². The molecule has 0 bridgehead atoms. The van der Waals surface area contributed by atoms with E-state index in [1.807, 2.05) is 58.0 Å². The number of amides is 2. The smallest absolute Gasteiger partial charge is 0.264 e. The second kappa shape index (κ2) is 13.1. The van der Waals surface area contributed by atoms with Crippen molar-refractivity contribution in [3.05, 3.63) is 94.0 Å². The zero-order valence-corrected chi connectivity index (χ0v) is 24.6. The van der Waals surface area contributed by atoms with Gasteiger partial charge in [0.2, 0.25) is 11.8 Å². The number of aryl methyl sites for hydroxylation is 3. The SMILES string of the molecule is CCCNC(=O)[C@@H](C)N(Cc1ccccc1C)C(=O)CN(c1ccc(C)c(C)c1)S(=O)(=O)c1ccc(Cl)cc1. The van der Waals surface area contributed by atoms with Crippen molar-refractivity contribution in [3.63, 3.8) is 0 Å². The molecule has 3 rings (SSSR count). The average Bonchev–Trinajstić information content (AvgIpc) is 2.91. The summed E-state index contributed by atoms with van der Waals surface area (Å²) in [4.78, 5) is 28.4. The van der Waals surface area contributed by atoms with Crippen molar-refractivity contribution in [2.24, 2.45) is 0 Å². The van der Waals surface area contributed by atoms with Crippen LogP contribution < -0.4 is 9.62 Å². The van der Waals surface area contributed by atoms with Gasteiger partial charge in [-0.1, -0.05) is 48.9 Å². The molecule has 1 N–H and O–H groups in total. The Kier molecular flexibility index (Phi) is 10.2. The van der Waals surface area contributed by atoms with Crippen molar-refractivity contribution in [3.8, 4) is 0 Å². The Labute approximate surface area is 236 Å². The second-order valence-corrected chi connectivity index (χ2v) is 11.9. The van der Waals surface area contributed by atoms with Gasteiger partial charge in [0.15, 0.2) is 0 Å². The molecule has 0 fully saturated rings. The molecule has 0 heterocycles. The third-order valence-electron chi connectivity index (χ3n) is 6.78. The third kappa shape index (κ3) is 7.40. The predicted molar refractivity (Wildman–Crippen MR) is 156 cm³/mol. The molecule has 0 radical (unpaired) electrons. The molecule has 208 valence electrons. The number of anilines is 1. The average molecular weight is 570 g/mol. The van der Waals surface area contributed by atoms with E-state index in [1.165, 1.54) is 29.2 Å². The molecule has 0 saturated heterocycles. The van der Waals surface area contributed by atoms with Crippen molar-refractivity contribution in [1.29, 1.82) is 0 Å². The van der Waals surface area contributed by atoms with Crippen molar-refractivity contribution >= 4 is 39.1 Å². The highest BCUT2D eigenvalue weighted by Crippen LogP contribution is 2.27. The summed E-state index contributed by atoms with van der Waals surface area (Å²) in [5, 5.41) is 3.25. The first kappa shape index (κ1) is 30.2. The summed E-state index contributed by atoms with van der Waals surface area (Å²) < 4.78 is 28.9. The van der Waals surface area contributed by atoms with Gasteiger partial charge >= 0.3 is 0 Å². The zero-order chi connectivity index (χ0) is 28.7. The van der Waals surface area contributed by atoms with E-state index in [0.29, 0.717) is 17.3 Å². The van der Waals surface area contributed by atoms with Crippen molar-refractivity contribution in [1.82, 2.24) is 10.2 Å². The standard InChI is InChI=1S/C30H36ClN3O4S/c1-6-17-32-30(36)24(5)33(19-25-10-8-7-9-22(25)3)29(35)20-34(27-14-11-21(2)23(4)18-27)39(37,38)28-15-12-26(31)13-16-28/h7-16,18,24H,6,17,19-20H2,1-5H3,(H,32,36)/t24-/m1/s1. The van der Waals surface area contributed by atoms with E-state index in [-0.39, 0.29) is 17.3 Å². The topological polar surface area (TPSA) is 86.8 Å². The maximum absolute atomic E-state index is 14.0. The summed E-state index contributed by atoms with van der Waals surface area (Å²) in [5.74, 6) is -0.787. The van der Waals surface area contributed by atoms with Crippen LogP contribution in [0.2, 0.25) is 5.02 Å². The Morgan fingerprint density at radius 2 is 1.59 bits per heavy atom. The van der Waals surface area contributed by atoms with Crippen molar-refractivity contribution in [2.75, 3.05) is 17.4 Å². The highest BCUT2D eigenvalue weighted by molar-refractivity contribution is 7.92. The number of hydrogen-bond donors (Lipinski definition) is 1. The van der Waals surface area contributed by atoms with Gasteiger partial charge < -0.3 is 10.2 Å². The molecule has 9 heteroatoms. The molecule has 0 aromatic heterocycles. The number of sulfonamides is 1. The molecule has 3 aromatic carbocycles. The summed E-state index contributed by atoms with van der Waals surface area (Å²) in [6.07, 6.45) is 0.754. The van der Waals surface area contributed by atoms with E-state index in [1.54, 1.807) is 19.1 Å². The Morgan fingerprint density at radius 3 is 2.21 bits per heavy atom. The van der Waals surface area contributed by atoms with Crippen LogP contribution in [0.15, 0.2) is 71.6 Å². The number of rotatable bonds is 11. The molecule has 0 aliphatic rings. The molecule has 0 aliphatic carbocycles. The summed E-state index contributed by atoms with van der Waals surface area (Å²) in [6, 6.07) is 17.9. The number of carbonyl (C=O) groups is 2. The van der Waals surface area contributed by atoms with Crippen LogP contribution in [0.25, 0.3) is 0 Å². The number of carbonyl (C=O) groups excluding carboxylic acids is 2. The largest absolute Gasteiger partial charge is 0.354 e. The van der Waals surface area contributed by atoms with E-state index >= 15 is 0 Å². The van der Waals surface area contributed by atoms with Gasteiger partial charge in [-0.3, -0.25) is 13.9 Å². The minimum Gasteiger partial charge on any atom is -0.354 e. The first-order valence-electron chi connectivity index (χ1n) is 12.9. The van der Waals surface area contributed by atoms with Crippen LogP contribution in [0.5, 0.6) is 0 Å². The highest BCUT2D eigenvalue weighted by Gasteiger charge is 2.32. The Morgan fingerprint density at radius 1 is 0.923 bits per heavy atom. The monoisotopic (exact) mass is 569 g/mol. The normalized spacial score (nSPS) is 12.1. The van der Waals surface area contributed by atoms with Gasteiger partial charge in [-0.2, -0.15) is 0 Å². The molecular weight excluding hydrogens is 534 g/mol. The lowest BCUT2D eigenvalue weighted by Gasteiger charge is -2.32. The Bertz CT molecular complexity index is 1420. The molecule has 0 aliphatic heterocycles. The van der Waals surface area contributed by atoms with Crippen LogP contribution in [0, 0.1) is 20.8 Å². The quantitative estimate of drug-likeness (QED) is 0.335. The molecular formula is C30H36ClN3O4S. The molecule has 0 unspecified atom stereocenters. The maximum Gasteiger partial charge on any atom is 0.264 e. The second-order valence-electron chi connectivity index (χ2n) is 9.65. The summed E-state index contributed by atoms with van der Waals surface area (Å²) >= 11 is 6.01. The number of nitrogens with one attached hydrogen (secondary N) is 1. The number of hydrogen-bond acceptors (Lipinski definition) is 4. The van der Waals surface area contributed by atoms with Crippen molar-refractivity contribution in [2.45, 2.75) is 58.5 Å². The predicted octanol–water partition coefficient (Wildman–Crippen LogP) is 5.40. The van der Waals surface area contributed by atoms with Gasteiger partial charge in [0, 0.05) is 18.1 Å². The minimum atomic E-state index is -4.14. The fourth-order valence-electron chi connectivity index (χ4n) is 4.09. The fraction of sp³-hybridized carbons (Fsp3) is 0.333. The van der Waals surface area contributed by atoms with Crippen LogP contribution in [-0.4, -0.2) is 44.3 Å². The van der Waals surface area contributed by atoms with Gasteiger partial charge in [-0.15, -0.1) is 0 Å². The van der Waals surface area contributed by atoms with E-state index in [0.717, 1.165) is 33.0 Å². The molecule has 0 spiro atoms. The number of benzene rings is 3. The zero-order valence-electron chi connectivity index (χ0n) is 23.1. The maximum atomic E-state index is 14.0. The van der Waals surface area contributed by atoms with Crippen LogP contribution >= 0.6 is 11.6 Å². The summed E-state index contributed by atoms with van der Waals surface area (Å²) in [5.41, 5.74) is 4.09. The molecule has 39 heavy (non-hydrogen) atoms. The highest BCUT2D eigenvalue weighted by atomic mass is 35.5. The fourth-order valence-corrected chi connectivity index (χ4v) is 5.62. The van der Waals surface area contributed by atoms with E-state index in [4.69, 9.17) is 11.6 Å². The lowest BCUT2D eigenvalue weighted by atomic mass is 10.1. The lowest BCUT2D eigenvalue weighted by Crippen LogP contribution is -2.51. The lowest BCUT2D eigenvalue weighted by molar-refractivity contribution is -0.139. The van der Waals surface area contributed by atoms with Crippen LogP contribution in [0.1, 0.15) is 42.5 Å². The van der Waals surface area contributed by atoms with E-state index < -0.39 is 28.5 Å². The molecule has 2 amide bonds. The number of halogens is 1. The summed E-state index contributed by atoms with van der Waals surface area (Å²) in [6.45, 7) is 9.53. The van der Waals surface area contributed by atoms with Gasteiger partial charge in [0.1, 0.15) is 12.6 Å². The van der Waals surface area contributed by atoms with Gasteiger partial charge in [-0.25, -0.2) is 8.42 Å². The van der Waals surface area contributed by atoms with E-state index in [2.05, 4.69) is 5.32 Å². The summed E-state index contributed by atoms with van der Waals surface area (Å²) in [7, 11) is -4.14. The van der Waals surface area contributed by atoms with Gasteiger partial charge in [-0.05, 0) is 92.8 Å². The molecule has 7 nitrogen and oxygen atoms in total. The number of nitrogens with zero attached hydrogens (tertiary/aromatic N) is 2. The Balaban J connectivity index is 2.05. The van der Waals surface area contributed by atoms with Gasteiger partial charge in [0.05, 0.1) is 10.6 Å². The first-order valence-corrected chi connectivity index (χ1v) is 14.7. The molecule has 0 saturated carbocycles. The Hall–Kier alpha value is -3.36. The third-order valence-corrected chi connectivity index (χ3v) is 8.82. The molecule has 1 atom stereocenters. The van der Waals surface area contributed by atoms with Crippen molar-refractivity contribution < 1.29 is 18.0 Å². The minimum absolute atomic E-state index is 0.0112. The van der Waals surface area contributed by atoms with Gasteiger partial charge in [0.25, 0.3) is 10.0 Å². The molecule has 3 aromatic rings.